The van der Waals surface area contributed by atoms with Crippen molar-refractivity contribution in [3.05, 3.63) is 52.7 Å². The van der Waals surface area contributed by atoms with Crippen LogP contribution in [0.3, 0.4) is 0 Å². The van der Waals surface area contributed by atoms with Gasteiger partial charge in [-0.2, -0.15) is 0 Å². The number of hydrogen-bond donors (Lipinski definition) is 2. The van der Waals surface area contributed by atoms with Gasteiger partial charge in [-0.25, -0.2) is 4.98 Å². The van der Waals surface area contributed by atoms with Crippen molar-refractivity contribution in [1.29, 1.82) is 0 Å². The highest BCUT2D eigenvalue weighted by molar-refractivity contribution is 5.90. The molecule has 43 heavy (non-hydrogen) atoms. The third-order valence-electron chi connectivity index (χ3n) is 11.4. The van der Waals surface area contributed by atoms with Crippen LogP contribution in [-0.4, -0.2) is 65.2 Å². The van der Waals surface area contributed by atoms with E-state index in [9.17, 15) is 5.11 Å². The first-order valence-corrected chi connectivity index (χ1v) is 17.3. The van der Waals surface area contributed by atoms with Crippen molar-refractivity contribution in [3.63, 3.8) is 0 Å². The molecule has 0 saturated carbocycles. The Kier molecular flexibility index (Phi) is 8.63. The van der Waals surface area contributed by atoms with Gasteiger partial charge in [0.15, 0.2) is 0 Å². The van der Waals surface area contributed by atoms with E-state index in [4.69, 9.17) is 10.7 Å². The van der Waals surface area contributed by atoms with Gasteiger partial charge >= 0.3 is 0 Å². The smallest absolute Gasteiger partial charge is 0.141 e. The van der Waals surface area contributed by atoms with Gasteiger partial charge in [0.05, 0.1) is 0 Å². The van der Waals surface area contributed by atoms with E-state index >= 15 is 0 Å². The molecule has 0 amide bonds. The molecule has 6 bridgehead atoms. The molecule has 6 heterocycles. The normalized spacial score (nSPS) is 33.5. The zero-order valence-corrected chi connectivity index (χ0v) is 26.0. The molecule has 228 valence electrons. The van der Waals surface area contributed by atoms with Crippen molar-refractivity contribution < 1.29 is 5.11 Å². The average Bonchev–Trinajstić information content (AvgIpc) is 3.01. The zero-order chi connectivity index (χ0) is 29.2. The second kappa shape index (κ2) is 12.8. The predicted octanol–water partition coefficient (Wildman–Crippen LogP) is 6.48. The van der Waals surface area contributed by atoms with E-state index in [0.29, 0.717) is 23.9 Å². The minimum absolute atomic E-state index is 0.270. The molecule has 2 unspecified atom stereocenters. The Bertz CT molecular complexity index is 1450. The Morgan fingerprint density at radius 2 is 1.93 bits per heavy atom. The van der Waals surface area contributed by atoms with Crippen molar-refractivity contribution in [1.82, 2.24) is 14.8 Å². The summed E-state index contributed by atoms with van der Waals surface area (Å²) in [4.78, 5) is 10.9. The van der Waals surface area contributed by atoms with Crippen molar-refractivity contribution in [3.8, 4) is 17.6 Å². The number of nitrogens with two attached hydrogens (primary N) is 1. The van der Waals surface area contributed by atoms with E-state index in [2.05, 4.69) is 45.9 Å². The van der Waals surface area contributed by atoms with Crippen molar-refractivity contribution >= 4 is 17.0 Å². The van der Waals surface area contributed by atoms with E-state index < -0.39 is 0 Å². The fourth-order valence-electron chi connectivity index (χ4n) is 9.68. The molecular weight excluding hydrogens is 528 g/mol. The SMILES string of the molecule is NCCc1c2c(nc3c(O)cccc13)CCCN1C[C@H]3C=C4CCCC#CCCCCCN5CC[C@H]3[C@@](CC/C=C\2)(C5)[C@@H]41. The number of pyridine rings is 1. The number of fused-ring (bicyclic) bond motifs is 3. The van der Waals surface area contributed by atoms with E-state index in [1.54, 1.807) is 11.6 Å². The fourth-order valence-corrected chi connectivity index (χ4v) is 9.68. The van der Waals surface area contributed by atoms with Crippen LogP contribution in [0.25, 0.3) is 17.0 Å². The lowest BCUT2D eigenvalue weighted by atomic mass is 9.52. The monoisotopic (exact) mass is 578 g/mol. The summed E-state index contributed by atoms with van der Waals surface area (Å²) in [6.07, 6.45) is 22.4. The number of benzene rings is 1. The molecule has 2 fully saturated rings. The molecule has 1 aromatic heterocycles. The highest BCUT2D eigenvalue weighted by atomic mass is 16.3. The maximum atomic E-state index is 10.7. The lowest BCUT2D eigenvalue weighted by Crippen LogP contribution is -2.68. The molecule has 6 aliphatic rings. The largest absolute Gasteiger partial charge is 0.506 e. The van der Waals surface area contributed by atoms with Crippen LogP contribution < -0.4 is 5.73 Å². The molecule has 0 radical (unpaired) electrons. The summed E-state index contributed by atoms with van der Waals surface area (Å²) < 4.78 is 0. The number of rotatable bonds is 2. The maximum Gasteiger partial charge on any atom is 0.141 e. The number of phenolic OH excluding ortho intramolecular Hbond substituents is 1. The number of phenols is 1. The summed E-state index contributed by atoms with van der Waals surface area (Å²) in [7, 11) is 0. The van der Waals surface area contributed by atoms with Gasteiger partial charge in [-0.05, 0) is 119 Å². The molecule has 5 nitrogen and oxygen atoms in total. The molecule has 5 heteroatoms. The molecular formula is C38H50N4O. The molecule has 2 saturated heterocycles. The van der Waals surface area contributed by atoms with E-state index in [-0.39, 0.29) is 5.75 Å². The molecule has 3 N–H and O–H groups in total. The lowest BCUT2D eigenvalue weighted by Gasteiger charge is -2.64. The highest BCUT2D eigenvalue weighted by Crippen LogP contribution is 2.57. The van der Waals surface area contributed by atoms with Crippen LogP contribution in [0, 0.1) is 29.1 Å². The van der Waals surface area contributed by atoms with Crippen molar-refractivity contribution in [2.75, 3.05) is 39.3 Å². The Hall–Kier alpha value is -2.65. The van der Waals surface area contributed by atoms with Crippen molar-refractivity contribution in [2.45, 2.75) is 89.5 Å². The number of aromatic hydroxyl groups is 1. The van der Waals surface area contributed by atoms with Crippen LogP contribution in [0.2, 0.25) is 0 Å². The van der Waals surface area contributed by atoms with Gasteiger partial charge < -0.3 is 15.7 Å². The average molecular weight is 579 g/mol. The van der Waals surface area contributed by atoms with Gasteiger partial charge in [0.25, 0.3) is 0 Å². The highest BCUT2D eigenvalue weighted by Gasteiger charge is 2.58. The van der Waals surface area contributed by atoms with E-state index in [0.717, 1.165) is 67.6 Å². The molecule has 5 aliphatic heterocycles. The fraction of sp³-hybridized carbons (Fsp3) is 0.605. The van der Waals surface area contributed by atoms with E-state index in [1.807, 2.05) is 6.07 Å². The number of piperidine rings is 2. The van der Waals surface area contributed by atoms with E-state index in [1.165, 1.54) is 82.3 Å². The summed E-state index contributed by atoms with van der Waals surface area (Å²) in [5.74, 6) is 8.72. The summed E-state index contributed by atoms with van der Waals surface area (Å²) in [5, 5.41) is 11.8. The molecule has 1 aromatic carbocycles. The van der Waals surface area contributed by atoms with Crippen LogP contribution in [0.15, 0.2) is 35.9 Å². The summed E-state index contributed by atoms with van der Waals surface area (Å²) in [6, 6.07) is 6.35. The number of allylic oxidation sites excluding steroid dienone is 1. The molecule has 1 spiro atoms. The van der Waals surface area contributed by atoms with Crippen LogP contribution in [0.1, 0.15) is 87.4 Å². The minimum Gasteiger partial charge on any atom is -0.506 e. The van der Waals surface area contributed by atoms with Crippen LogP contribution in [0.5, 0.6) is 5.75 Å². The molecule has 8 rings (SSSR count). The second-order valence-electron chi connectivity index (χ2n) is 13.9. The number of aryl methyl sites for hydroxylation is 1. The summed E-state index contributed by atoms with van der Waals surface area (Å²) >= 11 is 0. The second-order valence-corrected chi connectivity index (χ2v) is 13.9. The first-order chi connectivity index (χ1) is 21.2. The first kappa shape index (κ1) is 29.1. The Balaban J connectivity index is 1.27. The van der Waals surface area contributed by atoms with Gasteiger partial charge in [0, 0.05) is 48.5 Å². The standard InChI is InChI=1S/C38H50N4O/c39-21-18-30-31-14-8-9-20-38-27-41-22-10-6-4-2-1-3-5-7-13-28-25-29(33(38)19-24-41)26-42(37(28)38)23-12-16-34(31)40-36-32(30)15-11-17-35(36)43/h8,11,14-15,17,25,29,33,37,43H,2,4-7,9-10,12-13,16,18-24,26-27,39H2/b14-8-/t29-,33-,37-,38-/m1/s1. The Morgan fingerprint density at radius 3 is 2.84 bits per heavy atom. The third kappa shape index (κ3) is 5.56. The predicted molar refractivity (Wildman–Crippen MR) is 177 cm³/mol. The molecule has 6 atom stereocenters. The van der Waals surface area contributed by atoms with Crippen LogP contribution in [-0.2, 0) is 12.8 Å². The molecule has 2 aromatic rings. The van der Waals surface area contributed by atoms with Gasteiger partial charge in [0.2, 0.25) is 0 Å². The van der Waals surface area contributed by atoms with Crippen LogP contribution >= 0.6 is 0 Å². The Labute approximate surface area is 258 Å². The number of hydrogen-bond acceptors (Lipinski definition) is 5. The number of nitrogens with zero attached hydrogens (tertiary/aromatic N) is 3. The minimum atomic E-state index is 0.270. The van der Waals surface area contributed by atoms with Gasteiger partial charge in [-0.3, -0.25) is 4.90 Å². The van der Waals surface area contributed by atoms with Crippen LogP contribution in [0.4, 0.5) is 0 Å². The molecule has 1 aliphatic carbocycles. The summed E-state index contributed by atoms with van der Waals surface area (Å²) in [5.41, 5.74) is 12.5. The van der Waals surface area contributed by atoms with Gasteiger partial charge in [-0.1, -0.05) is 42.4 Å². The topological polar surface area (TPSA) is 65.6 Å². The Morgan fingerprint density at radius 1 is 1.02 bits per heavy atom. The zero-order valence-electron chi connectivity index (χ0n) is 26.0. The first-order valence-electron chi connectivity index (χ1n) is 17.3. The summed E-state index contributed by atoms with van der Waals surface area (Å²) in [6.45, 7) is 6.70. The number of aromatic nitrogens is 1. The quantitative estimate of drug-likeness (QED) is 0.316. The van der Waals surface area contributed by atoms with Gasteiger partial charge in [-0.15, -0.1) is 11.8 Å². The third-order valence-corrected chi connectivity index (χ3v) is 11.4. The lowest BCUT2D eigenvalue weighted by molar-refractivity contribution is -0.110. The van der Waals surface area contributed by atoms with Crippen molar-refractivity contribution in [2.24, 2.45) is 23.0 Å². The van der Waals surface area contributed by atoms with Gasteiger partial charge in [0.1, 0.15) is 11.3 Å². The maximum absolute atomic E-state index is 10.7. The number of para-hydroxylation sites is 1.